The Kier molecular flexibility index (Phi) is 4.81. The molecule has 138 valence electrons. The molecule has 2 aliphatic rings. The molecule has 1 heterocycles. The van der Waals surface area contributed by atoms with Gasteiger partial charge in [-0.15, -0.1) is 0 Å². The predicted molar refractivity (Wildman–Crippen MR) is 94.1 cm³/mol. The number of sulfonamides is 1. The van der Waals surface area contributed by atoms with Crippen LogP contribution in [0.5, 0.6) is 5.75 Å². The van der Waals surface area contributed by atoms with Crippen molar-refractivity contribution in [2.24, 2.45) is 5.92 Å². The van der Waals surface area contributed by atoms with Crippen molar-refractivity contribution < 1.29 is 23.1 Å². The van der Waals surface area contributed by atoms with E-state index in [0.29, 0.717) is 18.8 Å². The lowest BCUT2D eigenvalue weighted by molar-refractivity contribution is -0.137. The Morgan fingerprint density at radius 1 is 1.36 bits per heavy atom. The average Bonchev–Trinajstić information content (AvgIpc) is 3.30. The third-order valence-electron chi connectivity index (χ3n) is 5.05. The summed E-state index contributed by atoms with van der Waals surface area (Å²) >= 11 is 0. The fourth-order valence-corrected chi connectivity index (χ4v) is 5.15. The van der Waals surface area contributed by atoms with Crippen LogP contribution in [0.3, 0.4) is 0 Å². The normalized spacial score (nSPS) is 23.4. The van der Waals surface area contributed by atoms with Crippen molar-refractivity contribution in [1.82, 2.24) is 4.72 Å². The van der Waals surface area contributed by atoms with E-state index >= 15 is 0 Å². The first-order valence-corrected chi connectivity index (χ1v) is 10.2. The maximum atomic E-state index is 12.9. The summed E-state index contributed by atoms with van der Waals surface area (Å²) in [5.74, 6) is 0.0146. The number of hydrogen-bond donors (Lipinski definition) is 2. The summed E-state index contributed by atoms with van der Waals surface area (Å²) in [7, 11) is -3.76. The largest absolute Gasteiger partial charge is 0.486 e. The van der Waals surface area contributed by atoms with E-state index in [1.54, 1.807) is 0 Å². The van der Waals surface area contributed by atoms with Crippen molar-refractivity contribution in [3.05, 3.63) is 29.8 Å². The SMILES string of the molecule is CC1(C)Oc2ccccc2CC1NS(=O)(=O)C(CC(=O)O)CC1CC1. The molecule has 0 saturated heterocycles. The number of carboxylic acids is 1. The zero-order chi connectivity index (χ0) is 18.2. The van der Waals surface area contributed by atoms with Crippen LogP contribution in [-0.2, 0) is 21.2 Å². The van der Waals surface area contributed by atoms with E-state index in [-0.39, 0.29) is 6.42 Å². The van der Waals surface area contributed by atoms with Crippen LogP contribution >= 0.6 is 0 Å². The molecule has 1 aliphatic carbocycles. The highest BCUT2D eigenvalue weighted by Gasteiger charge is 2.42. The third kappa shape index (κ3) is 4.33. The average molecular weight is 367 g/mol. The smallest absolute Gasteiger partial charge is 0.304 e. The summed E-state index contributed by atoms with van der Waals surface area (Å²) in [6.07, 6.45) is 2.53. The molecule has 0 spiro atoms. The second kappa shape index (κ2) is 6.61. The van der Waals surface area contributed by atoms with Gasteiger partial charge in [-0.05, 0) is 44.2 Å². The lowest BCUT2D eigenvalue weighted by Gasteiger charge is -2.40. The van der Waals surface area contributed by atoms with Crippen molar-refractivity contribution in [2.75, 3.05) is 0 Å². The van der Waals surface area contributed by atoms with E-state index in [1.807, 2.05) is 38.1 Å². The van der Waals surface area contributed by atoms with E-state index in [1.165, 1.54) is 0 Å². The molecule has 7 heteroatoms. The minimum atomic E-state index is -3.76. The van der Waals surface area contributed by atoms with Gasteiger partial charge >= 0.3 is 5.97 Å². The van der Waals surface area contributed by atoms with Gasteiger partial charge in [-0.2, -0.15) is 0 Å². The summed E-state index contributed by atoms with van der Waals surface area (Å²) in [4.78, 5) is 11.1. The molecule has 25 heavy (non-hydrogen) atoms. The number of benzene rings is 1. The highest BCUT2D eigenvalue weighted by Crippen LogP contribution is 2.37. The van der Waals surface area contributed by atoms with E-state index < -0.39 is 32.9 Å². The van der Waals surface area contributed by atoms with E-state index in [2.05, 4.69) is 4.72 Å². The second-order valence-corrected chi connectivity index (χ2v) is 9.62. The van der Waals surface area contributed by atoms with Gasteiger partial charge in [0.25, 0.3) is 0 Å². The molecule has 3 rings (SSSR count). The molecule has 0 amide bonds. The zero-order valence-electron chi connectivity index (χ0n) is 14.6. The minimum Gasteiger partial charge on any atom is -0.486 e. The van der Waals surface area contributed by atoms with Gasteiger partial charge in [0.2, 0.25) is 10.0 Å². The Balaban J connectivity index is 1.79. The van der Waals surface area contributed by atoms with Gasteiger partial charge in [-0.1, -0.05) is 31.0 Å². The molecule has 6 nitrogen and oxygen atoms in total. The first kappa shape index (κ1) is 18.2. The number of para-hydroxylation sites is 1. The summed E-state index contributed by atoms with van der Waals surface area (Å²) in [6.45, 7) is 3.70. The highest BCUT2D eigenvalue weighted by atomic mass is 32.2. The maximum Gasteiger partial charge on any atom is 0.304 e. The molecule has 1 aromatic rings. The standard InChI is InChI=1S/C18H25NO5S/c1-18(2)16(10-13-5-3-4-6-15(13)24-18)19-25(22,23)14(11-17(20)21)9-12-7-8-12/h3-6,12,14,16,19H,7-11H2,1-2H3,(H,20,21). The Morgan fingerprint density at radius 3 is 2.68 bits per heavy atom. The molecule has 1 aliphatic heterocycles. The fraction of sp³-hybridized carbons (Fsp3) is 0.611. The second-order valence-electron chi connectivity index (χ2n) is 7.63. The zero-order valence-corrected chi connectivity index (χ0v) is 15.4. The Labute approximate surface area is 148 Å². The van der Waals surface area contributed by atoms with E-state index in [4.69, 9.17) is 9.84 Å². The number of carbonyl (C=O) groups is 1. The molecule has 0 bridgehead atoms. The number of carboxylic acid groups (broad SMARTS) is 1. The van der Waals surface area contributed by atoms with Gasteiger partial charge in [0, 0.05) is 0 Å². The van der Waals surface area contributed by atoms with Gasteiger partial charge < -0.3 is 9.84 Å². The van der Waals surface area contributed by atoms with Crippen LogP contribution in [0.15, 0.2) is 24.3 Å². The molecule has 0 aromatic heterocycles. The Morgan fingerprint density at radius 2 is 2.04 bits per heavy atom. The summed E-state index contributed by atoms with van der Waals surface area (Å²) < 4.78 is 34.5. The van der Waals surface area contributed by atoms with Crippen molar-refractivity contribution in [3.63, 3.8) is 0 Å². The van der Waals surface area contributed by atoms with Crippen molar-refractivity contribution in [3.8, 4) is 5.75 Å². The van der Waals surface area contributed by atoms with Gasteiger partial charge in [-0.25, -0.2) is 13.1 Å². The Hall–Kier alpha value is -1.60. The Bertz CT molecular complexity index is 754. The van der Waals surface area contributed by atoms with Crippen molar-refractivity contribution >= 4 is 16.0 Å². The van der Waals surface area contributed by atoms with Crippen LogP contribution in [0.4, 0.5) is 0 Å². The topological polar surface area (TPSA) is 92.7 Å². The molecule has 1 fully saturated rings. The summed E-state index contributed by atoms with van der Waals surface area (Å²) in [6, 6.07) is 7.14. The van der Waals surface area contributed by atoms with Gasteiger partial charge in [0.1, 0.15) is 11.4 Å². The van der Waals surface area contributed by atoms with E-state index in [9.17, 15) is 13.2 Å². The number of ether oxygens (including phenoxy) is 1. The molecule has 2 unspecified atom stereocenters. The maximum absolute atomic E-state index is 12.9. The van der Waals surface area contributed by atoms with Gasteiger partial charge in [-0.3, -0.25) is 4.79 Å². The van der Waals surface area contributed by atoms with Crippen molar-refractivity contribution in [2.45, 2.75) is 62.8 Å². The molecular weight excluding hydrogens is 342 g/mol. The van der Waals surface area contributed by atoms with Crippen LogP contribution in [-0.4, -0.2) is 36.4 Å². The van der Waals surface area contributed by atoms with Crippen LogP contribution in [0.1, 0.15) is 45.1 Å². The number of rotatable bonds is 7. The number of nitrogens with one attached hydrogen (secondary N) is 1. The predicted octanol–water partition coefficient (Wildman–Crippen LogP) is 2.33. The third-order valence-corrected chi connectivity index (χ3v) is 6.90. The first-order valence-electron chi connectivity index (χ1n) is 8.67. The van der Waals surface area contributed by atoms with Crippen LogP contribution in [0.25, 0.3) is 0 Å². The number of fused-ring (bicyclic) bond motifs is 1. The molecule has 1 aromatic carbocycles. The van der Waals surface area contributed by atoms with Gasteiger partial charge in [0.15, 0.2) is 0 Å². The lowest BCUT2D eigenvalue weighted by Crippen LogP contribution is -2.57. The monoisotopic (exact) mass is 367 g/mol. The van der Waals surface area contributed by atoms with Crippen molar-refractivity contribution in [1.29, 1.82) is 0 Å². The van der Waals surface area contributed by atoms with Crippen LogP contribution < -0.4 is 9.46 Å². The number of aliphatic carboxylic acids is 1. The van der Waals surface area contributed by atoms with E-state index in [0.717, 1.165) is 24.2 Å². The molecule has 0 radical (unpaired) electrons. The van der Waals surface area contributed by atoms with Crippen LogP contribution in [0.2, 0.25) is 0 Å². The molecule has 2 atom stereocenters. The van der Waals surface area contributed by atoms with Crippen LogP contribution in [0, 0.1) is 5.92 Å². The molecule has 1 saturated carbocycles. The first-order chi connectivity index (χ1) is 11.7. The van der Waals surface area contributed by atoms with Gasteiger partial charge in [0.05, 0.1) is 17.7 Å². The summed E-state index contributed by atoms with van der Waals surface area (Å²) in [5.41, 5.74) is 0.237. The molecular formula is C18H25NO5S. The lowest BCUT2D eigenvalue weighted by atomic mass is 9.89. The minimum absolute atomic E-state index is 0.331. The quantitative estimate of drug-likeness (QED) is 0.772. The fourth-order valence-electron chi connectivity index (χ4n) is 3.31. The summed E-state index contributed by atoms with van der Waals surface area (Å²) in [5, 5.41) is 8.20. The number of hydrogen-bond acceptors (Lipinski definition) is 4. The molecule has 2 N–H and O–H groups in total. The highest BCUT2D eigenvalue weighted by molar-refractivity contribution is 7.90.